The number of hydrogen-bond donors (Lipinski definition) is 2. The maximum Gasteiger partial charge on any atom is 0.413 e. The summed E-state index contributed by atoms with van der Waals surface area (Å²) >= 11 is 0. The maximum atomic E-state index is 12.9. The van der Waals surface area contributed by atoms with Crippen molar-refractivity contribution in [3.8, 4) is 16.9 Å². The monoisotopic (exact) mass is 524 g/mol. The molecule has 0 atom stereocenters. The number of carbonyl (C=O) groups is 2. The molecule has 0 radical (unpaired) electrons. The standard InChI is InChI=1S/C28H30F2N4O4/c1-37-28(36)33-27-31-22-6-4-20(16-23(22)32-27)19-5-7-24-21(15-19)3-2-17(10-13-38-24)14-25(35)34-11-8-18(9-12-34)26(29)30/h2,4-7,15-16,18,26H,3,8-14H2,1H3,(H2,31,32,33,36)/b17-2+. The van der Waals surface area contributed by atoms with E-state index < -0.39 is 18.4 Å². The minimum absolute atomic E-state index is 0.00701. The first kappa shape index (κ1) is 25.7. The van der Waals surface area contributed by atoms with Gasteiger partial charge < -0.3 is 19.4 Å². The van der Waals surface area contributed by atoms with Crippen molar-refractivity contribution in [2.24, 2.45) is 5.92 Å². The molecule has 1 fully saturated rings. The summed E-state index contributed by atoms with van der Waals surface area (Å²) in [7, 11) is 1.29. The van der Waals surface area contributed by atoms with Gasteiger partial charge in [0.2, 0.25) is 18.3 Å². The number of amides is 2. The van der Waals surface area contributed by atoms with Crippen LogP contribution < -0.4 is 10.1 Å². The number of rotatable bonds is 5. The van der Waals surface area contributed by atoms with Crippen LogP contribution in [0.5, 0.6) is 5.75 Å². The predicted molar refractivity (Wildman–Crippen MR) is 139 cm³/mol. The van der Waals surface area contributed by atoms with Gasteiger partial charge in [-0.25, -0.2) is 18.6 Å². The number of ether oxygens (including phenoxy) is 2. The highest BCUT2D eigenvalue weighted by molar-refractivity contribution is 5.88. The lowest BCUT2D eigenvalue weighted by Crippen LogP contribution is -2.40. The zero-order valence-electron chi connectivity index (χ0n) is 21.1. The van der Waals surface area contributed by atoms with Gasteiger partial charge in [-0.05, 0) is 60.2 Å². The molecule has 1 aromatic heterocycles. The van der Waals surface area contributed by atoms with Crippen LogP contribution in [0.25, 0.3) is 22.2 Å². The van der Waals surface area contributed by atoms with Crippen molar-refractivity contribution in [2.45, 2.75) is 38.5 Å². The number of hydrogen-bond acceptors (Lipinski definition) is 5. The first-order valence-electron chi connectivity index (χ1n) is 12.7. The fourth-order valence-electron chi connectivity index (χ4n) is 4.97. The van der Waals surface area contributed by atoms with Gasteiger partial charge in [0.25, 0.3) is 0 Å². The van der Waals surface area contributed by atoms with Crippen LogP contribution in [0.2, 0.25) is 0 Å². The average molecular weight is 525 g/mol. The Morgan fingerprint density at radius 3 is 2.71 bits per heavy atom. The molecule has 0 spiro atoms. The Labute approximate surface area is 219 Å². The number of alkyl halides is 2. The van der Waals surface area contributed by atoms with Gasteiger partial charge in [-0.3, -0.25) is 10.1 Å². The minimum Gasteiger partial charge on any atom is -0.493 e. The van der Waals surface area contributed by atoms with Crippen LogP contribution in [0.3, 0.4) is 0 Å². The maximum absolute atomic E-state index is 12.9. The number of benzene rings is 2. The Bertz CT molecular complexity index is 1360. The van der Waals surface area contributed by atoms with E-state index in [-0.39, 0.29) is 12.3 Å². The van der Waals surface area contributed by atoms with Crippen molar-refractivity contribution in [3.05, 3.63) is 53.6 Å². The summed E-state index contributed by atoms with van der Waals surface area (Å²) in [5.74, 6) is 0.511. The van der Waals surface area contributed by atoms with E-state index in [0.717, 1.165) is 33.5 Å². The fraction of sp³-hybridized carbons (Fsp3) is 0.393. The topological polar surface area (TPSA) is 96.5 Å². The zero-order valence-corrected chi connectivity index (χ0v) is 21.1. The van der Waals surface area contributed by atoms with Gasteiger partial charge in [0.15, 0.2) is 0 Å². The number of aromatic amines is 1. The molecule has 38 heavy (non-hydrogen) atoms. The molecule has 0 aliphatic carbocycles. The van der Waals surface area contributed by atoms with Crippen LogP contribution in [0.4, 0.5) is 19.5 Å². The Kier molecular flexibility index (Phi) is 7.57. The van der Waals surface area contributed by atoms with E-state index in [1.807, 2.05) is 30.3 Å². The number of carbonyl (C=O) groups excluding carboxylic acids is 2. The molecule has 2 aliphatic heterocycles. The first-order chi connectivity index (χ1) is 18.4. The molecule has 200 valence electrons. The molecule has 0 bridgehead atoms. The van der Waals surface area contributed by atoms with Crippen molar-refractivity contribution in [2.75, 3.05) is 32.1 Å². The molecule has 2 amide bonds. The van der Waals surface area contributed by atoms with E-state index in [4.69, 9.17) is 4.74 Å². The second-order valence-corrected chi connectivity index (χ2v) is 9.65. The summed E-state index contributed by atoms with van der Waals surface area (Å²) in [6.07, 6.45) is 1.46. The van der Waals surface area contributed by atoms with Gasteiger partial charge in [-0.15, -0.1) is 0 Å². The first-order valence-corrected chi connectivity index (χ1v) is 12.7. The lowest BCUT2D eigenvalue weighted by Gasteiger charge is -2.32. The number of nitrogens with zero attached hydrogens (tertiary/aromatic N) is 2. The van der Waals surface area contributed by atoms with Crippen molar-refractivity contribution < 1.29 is 27.8 Å². The number of piperidine rings is 1. The third-order valence-electron chi connectivity index (χ3n) is 7.20. The van der Waals surface area contributed by atoms with Crippen LogP contribution >= 0.6 is 0 Å². The third kappa shape index (κ3) is 5.79. The highest BCUT2D eigenvalue weighted by Crippen LogP contribution is 2.31. The molecule has 2 aliphatic rings. The third-order valence-corrected chi connectivity index (χ3v) is 7.20. The Morgan fingerprint density at radius 1 is 1.18 bits per heavy atom. The van der Waals surface area contributed by atoms with E-state index in [1.54, 1.807) is 4.90 Å². The lowest BCUT2D eigenvalue weighted by molar-refractivity contribution is -0.132. The summed E-state index contributed by atoms with van der Waals surface area (Å²) < 4.78 is 36.5. The molecule has 3 aromatic rings. The number of methoxy groups -OCH3 is 1. The van der Waals surface area contributed by atoms with E-state index in [0.29, 0.717) is 56.8 Å². The lowest BCUT2D eigenvalue weighted by atomic mass is 9.96. The van der Waals surface area contributed by atoms with Crippen molar-refractivity contribution in [1.29, 1.82) is 0 Å². The number of H-pyrrole nitrogens is 1. The van der Waals surface area contributed by atoms with Gasteiger partial charge in [-0.2, -0.15) is 0 Å². The Balaban J connectivity index is 1.28. The summed E-state index contributed by atoms with van der Waals surface area (Å²) in [5.41, 5.74) is 5.48. The SMILES string of the molecule is COC(=O)Nc1nc2ccc(-c3ccc4c(c3)C/C=C(/CC(=O)N3CCC(C(F)F)CC3)CCO4)cc2[nH]1. The number of halogens is 2. The molecule has 0 unspecified atom stereocenters. The molecule has 3 heterocycles. The van der Waals surface area contributed by atoms with E-state index >= 15 is 0 Å². The highest BCUT2D eigenvalue weighted by Gasteiger charge is 2.28. The zero-order chi connectivity index (χ0) is 26.6. The number of aromatic nitrogens is 2. The van der Waals surface area contributed by atoms with Crippen LogP contribution in [-0.2, 0) is 16.0 Å². The summed E-state index contributed by atoms with van der Waals surface area (Å²) in [4.78, 5) is 33.4. The quantitative estimate of drug-likeness (QED) is 0.427. The van der Waals surface area contributed by atoms with Gasteiger partial charge >= 0.3 is 6.09 Å². The van der Waals surface area contributed by atoms with Crippen LogP contribution in [0, 0.1) is 5.92 Å². The molecule has 10 heteroatoms. The van der Waals surface area contributed by atoms with Crippen LogP contribution in [0.15, 0.2) is 48.0 Å². The number of likely N-dealkylation sites (tertiary alicyclic amines) is 1. The van der Waals surface area contributed by atoms with Crippen molar-refractivity contribution >= 4 is 29.0 Å². The van der Waals surface area contributed by atoms with Crippen LogP contribution in [-0.4, -0.2) is 60.1 Å². The predicted octanol–water partition coefficient (Wildman–Crippen LogP) is 5.55. The number of imidazole rings is 1. The smallest absolute Gasteiger partial charge is 0.413 e. The molecule has 0 saturated carbocycles. The van der Waals surface area contributed by atoms with Crippen molar-refractivity contribution in [3.63, 3.8) is 0 Å². The largest absolute Gasteiger partial charge is 0.493 e. The molecular formula is C28H30F2N4O4. The number of anilines is 1. The number of nitrogens with one attached hydrogen (secondary N) is 2. The van der Waals surface area contributed by atoms with Crippen LogP contribution in [0.1, 0.15) is 31.2 Å². The van der Waals surface area contributed by atoms with E-state index in [1.165, 1.54) is 7.11 Å². The normalized spacial score (nSPS) is 17.7. The average Bonchev–Trinajstić information content (AvgIpc) is 3.31. The van der Waals surface area contributed by atoms with Gasteiger partial charge in [0.05, 0.1) is 24.8 Å². The second-order valence-electron chi connectivity index (χ2n) is 9.65. The summed E-state index contributed by atoms with van der Waals surface area (Å²) in [6.45, 7) is 1.25. The van der Waals surface area contributed by atoms with Gasteiger partial charge in [0, 0.05) is 31.8 Å². The summed E-state index contributed by atoms with van der Waals surface area (Å²) in [5, 5.41) is 2.53. The fourth-order valence-corrected chi connectivity index (χ4v) is 4.97. The van der Waals surface area contributed by atoms with Gasteiger partial charge in [0.1, 0.15) is 5.75 Å². The Hall–Kier alpha value is -3.95. The number of allylic oxidation sites excluding steroid dienone is 1. The second kappa shape index (κ2) is 11.2. The molecule has 2 aromatic carbocycles. The number of fused-ring (bicyclic) bond motifs is 2. The molecule has 5 rings (SSSR count). The highest BCUT2D eigenvalue weighted by atomic mass is 19.3. The minimum atomic E-state index is -2.31. The van der Waals surface area contributed by atoms with Crippen molar-refractivity contribution in [1.82, 2.24) is 14.9 Å². The molecule has 2 N–H and O–H groups in total. The molecule has 1 saturated heterocycles. The van der Waals surface area contributed by atoms with E-state index in [9.17, 15) is 18.4 Å². The van der Waals surface area contributed by atoms with Gasteiger partial charge in [-0.1, -0.05) is 23.8 Å². The summed E-state index contributed by atoms with van der Waals surface area (Å²) in [6, 6.07) is 11.9. The Morgan fingerprint density at radius 2 is 1.95 bits per heavy atom. The van der Waals surface area contributed by atoms with E-state index in [2.05, 4.69) is 32.2 Å². The molecule has 8 nitrogen and oxygen atoms in total. The molecular weight excluding hydrogens is 494 g/mol.